The lowest BCUT2D eigenvalue weighted by molar-refractivity contribution is -0.114. The molecule has 0 atom stereocenters. The molecule has 0 aliphatic heterocycles. The second kappa shape index (κ2) is 9.50. The molecule has 8 nitrogen and oxygen atoms in total. The molecule has 0 heterocycles. The fourth-order valence-corrected chi connectivity index (χ4v) is 2.53. The summed E-state index contributed by atoms with van der Waals surface area (Å²) in [5, 5.41) is 5.75. The number of rotatable bonds is 8. The van der Waals surface area contributed by atoms with Crippen LogP contribution in [0.4, 0.5) is 17.1 Å². The van der Waals surface area contributed by atoms with Gasteiger partial charge in [-0.25, -0.2) is 4.79 Å². The van der Waals surface area contributed by atoms with Crippen LogP contribution in [0, 0.1) is 0 Å². The topological polar surface area (TPSA) is 89.1 Å². The number of esters is 1. The summed E-state index contributed by atoms with van der Waals surface area (Å²) in [6, 6.07) is 10.6. The average molecular weight is 387 g/mol. The summed E-state index contributed by atoms with van der Waals surface area (Å²) in [6.45, 7) is -0.0467. The highest BCUT2D eigenvalue weighted by Crippen LogP contribution is 2.33. The van der Waals surface area contributed by atoms with E-state index in [2.05, 4.69) is 10.6 Å². The third kappa shape index (κ3) is 5.06. The summed E-state index contributed by atoms with van der Waals surface area (Å²) in [4.78, 5) is 26.3. The first-order chi connectivity index (χ1) is 13.4. The molecule has 0 spiro atoms. The van der Waals surface area contributed by atoms with Crippen molar-refractivity contribution in [1.29, 1.82) is 0 Å². The molecule has 0 unspecified atom stereocenters. The maximum absolute atomic E-state index is 12.3. The molecule has 0 saturated heterocycles. The Hall–Kier alpha value is -3.42. The first-order valence-corrected chi connectivity index (χ1v) is 8.55. The molecule has 1 amide bonds. The van der Waals surface area contributed by atoms with Crippen molar-refractivity contribution in [2.75, 3.05) is 57.5 Å². The minimum atomic E-state index is -0.553. The van der Waals surface area contributed by atoms with E-state index in [4.69, 9.17) is 14.2 Å². The number of hydrogen-bond donors (Lipinski definition) is 2. The molecule has 0 radical (unpaired) electrons. The Morgan fingerprint density at radius 1 is 0.964 bits per heavy atom. The van der Waals surface area contributed by atoms with Crippen LogP contribution in [0.5, 0.6) is 11.5 Å². The molecule has 2 N–H and O–H groups in total. The smallest absolute Gasteiger partial charge is 0.340 e. The van der Waals surface area contributed by atoms with E-state index in [0.29, 0.717) is 22.9 Å². The number of nitrogens with zero attached hydrogens (tertiary/aromatic N) is 1. The number of carbonyl (C=O) groups excluding carboxylic acids is 2. The third-order valence-corrected chi connectivity index (χ3v) is 4.04. The van der Waals surface area contributed by atoms with Crippen molar-refractivity contribution in [2.24, 2.45) is 0 Å². The standard InChI is InChI=1S/C20H25N3O5/c1-23(2)14-8-6-13(7-9-14)22-19(24)12-21-16-11-18(27-4)17(26-3)10-15(16)20(25)28-5/h6-11,21H,12H2,1-5H3,(H,22,24). The van der Waals surface area contributed by atoms with Crippen LogP contribution in [0.15, 0.2) is 36.4 Å². The Balaban J connectivity index is 2.11. The van der Waals surface area contributed by atoms with Crippen molar-refractivity contribution in [1.82, 2.24) is 0 Å². The molecule has 2 aromatic carbocycles. The van der Waals surface area contributed by atoms with Gasteiger partial charge < -0.3 is 29.7 Å². The molecule has 0 aliphatic rings. The van der Waals surface area contributed by atoms with Crippen LogP contribution in [0.1, 0.15) is 10.4 Å². The Morgan fingerprint density at radius 2 is 1.57 bits per heavy atom. The van der Waals surface area contributed by atoms with E-state index in [1.165, 1.54) is 27.4 Å². The van der Waals surface area contributed by atoms with E-state index < -0.39 is 5.97 Å². The summed E-state index contributed by atoms with van der Waals surface area (Å²) < 4.78 is 15.3. The molecule has 2 aromatic rings. The Morgan fingerprint density at radius 3 is 2.11 bits per heavy atom. The fourth-order valence-electron chi connectivity index (χ4n) is 2.53. The van der Waals surface area contributed by atoms with E-state index in [-0.39, 0.29) is 18.0 Å². The summed E-state index contributed by atoms with van der Waals surface area (Å²) in [5.41, 5.74) is 2.35. The van der Waals surface area contributed by atoms with E-state index in [0.717, 1.165) is 5.69 Å². The van der Waals surface area contributed by atoms with E-state index in [9.17, 15) is 9.59 Å². The molecule has 28 heavy (non-hydrogen) atoms. The third-order valence-electron chi connectivity index (χ3n) is 4.04. The van der Waals surface area contributed by atoms with Crippen LogP contribution in [0.25, 0.3) is 0 Å². The molecule has 150 valence electrons. The number of nitrogens with one attached hydrogen (secondary N) is 2. The largest absolute Gasteiger partial charge is 0.493 e. The predicted octanol–water partition coefficient (Wildman–Crippen LogP) is 2.61. The lowest BCUT2D eigenvalue weighted by atomic mass is 10.1. The number of ether oxygens (including phenoxy) is 3. The highest BCUT2D eigenvalue weighted by Gasteiger charge is 2.18. The van der Waals surface area contributed by atoms with Gasteiger partial charge in [-0.15, -0.1) is 0 Å². The maximum atomic E-state index is 12.3. The zero-order valence-corrected chi connectivity index (χ0v) is 16.7. The molecule has 8 heteroatoms. The van der Waals surface area contributed by atoms with Crippen molar-refractivity contribution in [3.63, 3.8) is 0 Å². The second-order valence-electron chi connectivity index (χ2n) is 6.09. The highest BCUT2D eigenvalue weighted by molar-refractivity contribution is 5.99. The van der Waals surface area contributed by atoms with E-state index in [1.807, 2.05) is 43.3 Å². The molecular formula is C20H25N3O5. The van der Waals surface area contributed by atoms with Gasteiger partial charge in [0.25, 0.3) is 0 Å². The van der Waals surface area contributed by atoms with Crippen LogP contribution in [-0.2, 0) is 9.53 Å². The number of hydrogen-bond acceptors (Lipinski definition) is 7. The molecule has 0 bridgehead atoms. The molecule has 0 aromatic heterocycles. The van der Waals surface area contributed by atoms with Crippen LogP contribution < -0.4 is 25.0 Å². The van der Waals surface area contributed by atoms with Crippen molar-refractivity contribution < 1.29 is 23.8 Å². The number of methoxy groups -OCH3 is 3. The maximum Gasteiger partial charge on any atom is 0.340 e. The molecule has 2 rings (SSSR count). The van der Waals surface area contributed by atoms with Crippen molar-refractivity contribution in [2.45, 2.75) is 0 Å². The van der Waals surface area contributed by atoms with Crippen LogP contribution >= 0.6 is 0 Å². The van der Waals surface area contributed by atoms with Crippen LogP contribution in [0.3, 0.4) is 0 Å². The van der Waals surface area contributed by atoms with Gasteiger partial charge in [-0.1, -0.05) is 0 Å². The zero-order valence-electron chi connectivity index (χ0n) is 16.7. The first kappa shape index (κ1) is 20.9. The SMILES string of the molecule is COC(=O)c1cc(OC)c(OC)cc1NCC(=O)Nc1ccc(N(C)C)cc1. The highest BCUT2D eigenvalue weighted by atomic mass is 16.5. The van der Waals surface area contributed by atoms with Crippen molar-refractivity contribution in [3.05, 3.63) is 42.0 Å². The van der Waals surface area contributed by atoms with Gasteiger partial charge in [-0.3, -0.25) is 4.79 Å². The fraction of sp³-hybridized carbons (Fsp3) is 0.300. The van der Waals surface area contributed by atoms with Crippen molar-refractivity contribution >= 4 is 28.9 Å². The van der Waals surface area contributed by atoms with Gasteiger partial charge in [-0.05, 0) is 24.3 Å². The first-order valence-electron chi connectivity index (χ1n) is 8.55. The van der Waals surface area contributed by atoms with Crippen LogP contribution in [0.2, 0.25) is 0 Å². The number of carbonyl (C=O) groups is 2. The summed E-state index contributed by atoms with van der Waals surface area (Å²) in [6.07, 6.45) is 0. The Labute approximate surface area is 164 Å². The molecule has 0 saturated carbocycles. The van der Waals surface area contributed by atoms with Gasteiger partial charge in [0, 0.05) is 37.6 Å². The molecular weight excluding hydrogens is 362 g/mol. The van der Waals surface area contributed by atoms with Gasteiger partial charge in [-0.2, -0.15) is 0 Å². The molecule has 0 fully saturated rings. The van der Waals surface area contributed by atoms with Crippen LogP contribution in [-0.4, -0.2) is 53.8 Å². The number of anilines is 3. The Kier molecular flexibility index (Phi) is 7.08. The monoisotopic (exact) mass is 387 g/mol. The van der Waals surface area contributed by atoms with Gasteiger partial charge in [0.1, 0.15) is 0 Å². The zero-order chi connectivity index (χ0) is 20.7. The lowest BCUT2D eigenvalue weighted by Gasteiger charge is -2.15. The molecule has 0 aliphatic carbocycles. The van der Waals surface area contributed by atoms with Gasteiger partial charge in [0.05, 0.1) is 39.1 Å². The predicted molar refractivity (Wildman–Crippen MR) is 109 cm³/mol. The summed E-state index contributed by atoms with van der Waals surface area (Å²) >= 11 is 0. The Bertz CT molecular complexity index is 834. The minimum absolute atomic E-state index is 0.0467. The van der Waals surface area contributed by atoms with Gasteiger partial charge in [0.15, 0.2) is 11.5 Å². The van der Waals surface area contributed by atoms with Gasteiger partial charge >= 0.3 is 5.97 Å². The van der Waals surface area contributed by atoms with E-state index in [1.54, 1.807) is 6.07 Å². The summed E-state index contributed by atoms with van der Waals surface area (Å²) in [7, 11) is 8.14. The lowest BCUT2D eigenvalue weighted by Crippen LogP contribution is -2.23. The van der Waals surface area contributed by atoms with E-state index >= 15 is 0 Å². The number of benzene rings is 2. The quantitative estimate of drug-likeness (QED) is 0.673. The normalized spacial score (nSPS) is 10.0. The average Bonchev–Trinajstić information content (AvgIpc) is 2.71. The second-order valence-corrected chi connectivity index (χ2v) is 6.09. The van der Waals surface area contributed by atoms with Gasteiger partial charge in [0.2, 0.25) is 5.91 Å². The summed E-state index contributed by atoms with van der Waals surface area (Å²) in [5.74, 6) is 0.00237. The number of amides is 1. The minimum Gasteiger partial charge on any atom is -0.493 e. The van der Waals surface area contributed by atoms with Crippen molar-refractivity contribution in [3.8, 4) is 11.5 Å².